The highest BCUT2D eigenvalue weighted by atomic mass is 16.5. The van der Waals surface area contributed by atoms with Crippen molar-refractivity contribution in [3.63, 3.8) is 0 Å². The second-order valence-electron chi connectivity index (χ2n) is 7.44. The van der Waals surface area contributed by atoms with Gasteiger partial charge in [-0.05, 0) is 29.8 Å². The number of ketones is 1. The van der Waals surface area contributed by atoms with E-state index in [2.05, 4.69) is 0 Å². The van der Waals surface area contributed by atoms with Crippen LogP contribution in [0, 0.1) is 0 Å². The number of aromatic hydroxyl groups is 2. The van der Waals surface area contributed by atoms with E-state index in [9.17, 15) is 35.4 Å². The van der Waals surface area contributed by atoms with E-state index >= 15 is 0 Å². The summed E-state index contributed by atoms with van der Waals surface area (Å²) in [7, 11) is 0. The van der Waals surface area contributed by atoms with Gasteiger partial charge in [-0.15, -0.1) is 0 Å². The number of phenols is 2. The zero-order valence-corrected chi connectivity index (χ0v) is 15.8. The lowest BCUT2D eigenvalue weighted by Gasteiger charge is -2.41. The summed E-state index contributed by atoms with van der Waals surface area (Å²) >= 11 is 0. The Morgan fingerprint density at radius 2 is 1.63 bits per heavy atom. The van der Waals surface area contributed by atoms with Gasteiger partial charge in [0.25, 0.3) is 0 Å². The summed E-state index contributed by atoms with van der Waals surface area (Å²) in [5, 5.41) is 59.8. The molecule has 30 heavy (non-hydrogen) atoms. The van der Waals surface area contributed by atoms with E-state index in [0.29, 0.717) is 5.56 Å². The number of aliphatic hydroxyl groups excluding tert-OH is 4. The maximum absolute atomic E-state index is 13.1. The van der Waals surface area contributed by atoms with Crippen molar-refractivity contribution in [3.05, 3.63) is 53.1 Å². The van der Waals surface area contributed by atoms with Crippen molar-refractivity contribution in [2.75, 3.05) is 13.2 Å². The number of aliphatic hydroxyl groups is 4. The number of hydrogen-bond donors (Lipinski definition) is 6. The van der Waals surface area contributed by atoms with E-state index < -0.39 is 43.0 Å². The Morgan fingerprint density at radius 3 is 2.30 bits per heavy atom. The first-order valence-electron chi connectivity index (χ1n) is 9.45. The fourth-order valence-corrected chi connectivity index (χ4v) is 3.94. The molecule has 6 N–H and O–H groups in total. The van der Waals surface area contributed by atoms with E-state index in [1.54, 1.807) is 12.1 Å². The van der Waals surface area contributed by atoms with Gasteiger partial charge in [0, 0.05) is 0 Å². The van der Waals surface area contributed by atoms with Crippen LogP contribution in [0.15, 0.2) is 36.4 Å². The smallest absolute Gasteiger partial charge is 0.177 e. The first-order valence-corrected chi connectivity index (χ1v) is 9.45. The standard InChI is InChI=1S/C21H22O9/c22-7-14-17(26)18(27)19(28)21(30-14)15-13(24)6-5-11-16(25)12(8-29-20(11)15)9-1-3-10(23)4-2-9/h1-6,12,14,17-19,21-24,26-28H,7-8H2/t12?,14-,17-,18+,19-,21-/m1/s1. The number of carbonyl (C=O) groups excluding carboxylic acids is 1. The van der Waals surface area contributed by atoms with E-state index in [4.69, 9.17) is 9.47 Å². The Kier molecular flexibility index (Phi) is 5.39. The molecule has 2 aliphatic rings. The molecule has 9 heteroatoms. The third-order valence-electron chi connectivity index (χ3n) is 5.62. The van der Waals surface area contributed by atoms with Gasteiger partial charge in [-0.1, -0.05) is 12.1 Å². The molecule has 1 saturated heterocycles. The highest BCUT2D eigenvalue weighted by Gasteiger charge is 2.47. The maximum atomic E-state index is 13.1. The predicted octanol–water partition coefficient (Wildman–Crippen LogP) is -0.0284. The van der Waals surface area contributed by atoms with Gasteiger partial charge in [0.1, 0.15) is 54.4 Å². The minimum absolute atomic E-state index is 0.0133. The third-order valence-corrected chi connectivity index (χ3v) is 5.62. The van der Waals surface area contributed by atoms with E-state index in [-0.39, 0.29) is 40.8 Å². The molecule has 0 saturated carbocycles. The largest absolute Gasteiger partial charge is 0.508 e. The van der Waals surface area contributed by atoms with Crippen LogP contribution in [0.25, 0.3) is 0 Å². The highest BCUT2D eigenvalue weighted by molar-refractivity contribution is 6.04. The fourth-order valence-electron chi connectivity index (χ4n) is 3.94. The number of fused-ring (bicyclic) bond motifs is 1. The van der Waals surface area contributed by atoms with E-state index in [1.165, 1.54) is 24.3 Å². The molecule has 2 aromatic carbocycles. The van der Waals surface area contributed by atoms with Crippen molar-refractivity contribution < 1.29 is 44.9 Å². The van der Waals surface area contributed by atoms with Gasteiger partial charge in [-0.3, -0.25) is 4.79 Å². The number of benzene rings is 2. The Balaban J connectivity index is 1.73. The molecule has 0 radical (unpaired) electrons. The summed E-state index contributed by atoms with van der Waals surface area (Å²) in [4.78, 5) is 13.1. The molecule has 2 heterocycles. The average Bonchev–Trinajstić information content (AvgIpc) is 2.74. The highest BCUT2D eigenvalue weighted by Crippen LogP contribution is 2.46. The van der Waals surface area contributed by atoms with Crippen LogP contribution in [-0.2, 0) is 4.74 Å². The van der Waals surface area contributed by atoms with Crippen molar-refractivity contribution in [3.8, 4) is 17.2 Å². The monoisotopic (exact) mass is 418 g/mol. The van der Waals surface area contributed by atoms with Crippen LogP contribution in [-0.4, -0.2) is 74.1 Å². The zero-order valence-electron chi connectivity index (χ0n) is 15.8. The molecule has 6 atom stereocenters. The quantitative estimate of drug-likeness (QED) is 0.403. The van der Waals surface area contributed by atoms with Crippen LogP contribution < -0.4 is 4.74 Å². The topological polar surface area (TPSA) is 157 Å². The summed E-state index contributed by atoms with van der Waals surface area (Å²) < 4.78 is 11.3. The number of ether oxygens (including phenoxy) is 2. The summed E-state index contributed by atoms with van der Waals surface area (Å²) in [6, 6.07) is 8.82. The molecule has 0 aliphatic carbocycles. The van der Waals surface area contributed by atoms with Gasteiger partial charge < -0.3 is 40.1 Å². The first-order chi connectivity index (χ1) is 14.3. The Hall–Kier alpha value is -2.69. The van der Waals surface area contributed by atoms with Crippen LogP contribution >= 0.6 is 0 Å². The van der Waals surface area contributed by atoms with Crippen LogP contribution in [0.5, 0.6) is 17.2 Å². The molecule has 2 aliphatic heterocycles. The second kappa shape index (κ2) is 7.86. The molecule has 0 bridgehead atoms. The summed E-state index contributed by atoms with van der Waals surface area (Å²) in [5.74, 6) is -1.16. The molecule has 0 spiro atoms. The maximum Gasteiger partial charge on any atom is 0.177 e. The lowest BCUT2D eigenvalue weighted by molar-refractivity contribution is -0.232. The SMILES string of the molecule is O=C1c2ccc(O)c([C@H]3O[C@H](CO)[C@@H](O)[C@H](O)[C@H]3O)c2OCC1c1ccc(O)cc1. The number of rotatable bonds is 3. The summed E-state index contributed by atoms with van der Waals surface area (Å²) in [5.41, 5.74) is 0.761. The number of carbonyl (C=O) groups is 1. The van der Waals surface area contributed by atoms with Crippen molar-refractivity contribution in [1.82, 2.24) is 0 Å². The van der Waals surface area contributed by atoms with Gasteiger partial charge in [-0.2, -0.15) is 0 Å². The Labute approximate surface area is 171 Å². The Bertz CT molecular complexity index is 940. The minimum Gasteiger partial charge on any atom is -0.508 e. The fraction of sp³-hybridized carbons (Fsp3) is 0.381. The van der Waals surface area contributed by atoms with Crippen molar-refractivity contribution in [2.24, 2.45) is 0 Å². The third kappa shape index (κ3) is 3.30. The van der Waals surface area contributed by atoms with Crippen LogP contribution in [0.4, 0.5) is 0 Å². The van der Waals surface area contributed by atoms with Gasteiger partial charge in [-0.25, -0.2) is 0 Å². The lowest BCUT2D eigenvalue weighted by atomic mass is 9.85. The minimum atomic E-state index is -1.64. The van der Waals surface area contributed by atoms with Gasteiger partial charge in [0.15, 0.2) is 5.78 Å². The predicted molar refractivity (Wildman–Crippen MR) is 102 cm³/mol. The van der Waals surface area contributed by atoms with Gasteiger partial charge in [0.05, 0.1) is 23.7 Å². The van der Waals surface area contributed by atoms with Crippen molar-refractivity contribution in [2.45, 2.75) is 36.4 Å². The average molecular weight is 418 g/mol. The van der Waals surface area contributed by atoms with Crippen molar-refractivity contribution >= 4 is 5.78 Å². The van der Waals surface area contributed by atoms with E-state index in [1.807, 2.05) is 0 Å². The molecule has 0 amide bonds. The van der Waals surface area contributed by atoms with Crippen LogP contribution in [0.1, 0.15) is 33.5 Å². The summed E-state index contributed by atoms with van der Waals surface area (Å²) in [6.45, 7) is -0.676. The molecular formula is C21H22O9. The van der Waals surface area contributed by atoms with Gasteiger partial charge >= 0.3 is 0 Å². The van der Waals surface area contributed by atoms with Crippen molar-refractivity contribution in [1.29, 1.82) is 0 Å². The van der Waals surface area contributed by atoms with E-state index in [0.717, 1.165) is 0 Å². The molecule has 1 fully saturated rings. The Morgan fingerprint density at radius 1 is 0.933 bits per heavy atom. The van der Waals surface area contributed by atoms with Crippen LogP contribution in [0.2, 0.25) is 0 Å². The molecule has 4 rings (SSSR count). The van der Waals surface area contributed by atoms with Crippen LogP contribution in [0.3, 0.4) is 0 Å². The van der Waals surface area contributed by atoms with Gasteiger partial charge in [0.2, 0.25) is 0 Å². The molecule has 9 nitrogen and oxygen atoms in total. The lowest BCUT2D eigenvalue weighted by Crippen LogP contribution is -2.55. The molecule has 0 aromatic heterocycles. The zero-order chi connectivity index (χ0) is 21.6. The number of hydrogen-bond acceptors (Lipinski definition) is 9. The molecular weight excluding hydrogens is 396 g/mol. The molecule has 160 valence electrons. The molecule has 2 aromatic rings. The number of phenolic OH excluding ortho intramolecular Hbond substituents is 2. The normalized spacial score (nSPS) is 31.1. The number of Topliss-reactive ketones (excluding diaryl/α,β-unsaturated/α-hetero) is 1. The first kappa shape index (κ1) is 20.6. The molecule has 1 unspecified atom stereocenters. The second-order valence-corrected chi connectivity index (χ2v) is 7.44. The summed E-state index contributed by atoms with van der Waals surface area (Å²) in [6.07, 6.45) is -7.33.